The van der Waals surface area contributed by atoms with Crippen molar-refractivity contribution in [2.45, 2.75) is 18.9 Å². The summed E-state index contributed by atoms with van der Waals surface area (Å²) in [5.74, 6) is 1.04. The number of aryl methyl sites for hydroxylation is 1. The molecule has 1 unspecified atom stereocenters. The molecule has 1 aliphatic rings. The normalized spacial score (nSPS) is 17.7. The van der Waals surface area contributed by atoms with Crippen molar-refractivity contribution in [3.63, 3.8) is 0 Å². The highest BCUT2D eigenvalue weighted by Crippen LogP contribution is 2.35. The topological polar surface area (TPSA) is 54.2 Å². The van der Waals surface area contributed by atoms with Gasteiger partial charge in [0.05, 0.1) is 15.9 Å². The number of pyridine rings is 1. The van der Waals surface area contributed by atoms with E-state index < -0.39 is 6.10 Å². The van der Waals surface area contributed by atoms with E-state index in [0.29, 0.717) is 0 Å². The van der Waals surface area contributed by atoms with Crippen LogP contribution in [0.1, 0.15) is 24.8 Å². The largest absolute Gasteiger partial charge is 0.385 e. The summed E-state index contributed by atoms with van der Waals surface area (Å²) in [6.07, 6.45) is 7.00. The Morgan fingerprint density at radius 1 is 1.22 bits per heavy atom. The third-order valence-corrected chi connectivity index (χ3v) is 5.70. The zero-order valence-electron chi connectivity index (χ0n) is 13.1. The van der Waals surface area contributed by atoms with E-state index >= 15 is 0 Å². The molecule has 3 aromatic heterocycles. The van der Waals surface area contributed by atoms with Gasteiger partial charge >= 0.3 is 0 Å². The average Bonchev–Trinajstić information content (AvgIpc) is 3.22. The van der Waals surface area contributed by atoms with Gasteiger partial charge in [-0.2, -0.15) is 0 Å². The fourth-order valence-corrected chi connectivity index (χ4v) is 4.33. The average molecular weight is 328 g/mol. The van der Waals surface area contributed by atoms with Crippen LogP contribution in [0.5, 0.6) is 0 Å². The first-order valence-electron chi connectivity index (χ1n) is 7.96. The molecular weight excluding hydrogens is 308 g/mol. The SMILES string of the molecule is Cn1ccnc1C(O)C1CCN(c2ccnc3ccsc23)CC1. The third kappa shape index (κ3) is 2.62. The van der Waals surface area contributed by atoms with Gasteiger partial charge < -0.3 is 14.6 Å². The Kier molecular flexibility index (Phi) is 3.79. The Balaban J connectivity index is 1.49. The zero-order chi connectivity index (χ0) is 15.8. The van der Waals surface area contributed by atoms with Gasteiger partial charge in [-0.3, -0.25) is 4.98 Å². The molecule has 0 aliphatic carbocycles. The van der Waals surface area contributed by atoms with Gasteiger partial charge in [0.2, 0.25) is 0 Å². The van der Waals surface area contributed by atoms with Crippen LogP contribution >= 0.6 is 11.3 Å². The number of thiophene rings is 1. The van der Waals surface area contributed by atoms with E-state index in [1.54, 1.807) is 17.5 Å². The van der Waals surface area contributed by atoms with Crippen LogP contribution in [-0.4, -0.2) is 32.7 Å². The minimum absolute atomic E-state index is 0.271. The van der Waals surface area contributed by atoms with Crippen LogP contribution in [0.3, 0.4) is 0 Å². The van der Waals surface area contributed by atoms with Gasteiger partial charge in [0.1, 0.15) is 11.9 Å². The lowest BCUT2D eigenvalue weighted by Gasteiger charge is -2.35. The smallest absolute Gasteiger partial charge is 0.137 e. The minimum atomic E-state index is -0.476. The zero-order valence-corrected chi connectivity index (χ0v) is 13.9. The molecule has 1 atom stereocenters. The summed E-state index contributed by atoms with van der Waals surface area (Å²) < 4.78 is 3.17. The van der Waals surface area contributed by atoms with Gasteiger partial charge in [0, 0.05) is 38.7 Å². The highest BCUT2D eigenvalue weighted by atomic mass is 32.1. The van der Waals surface area contributed by atoms with Crippen LogP contribution < -0.4 is 4.90 Å². The summed E-state index contributed by atoms with van der Waals surface area (Å²) in [5, 5.41) is 12.7. The molecule has 0 aromatic carbocycles. The van der Waals surface area contributed by atoms with Crippen LogP contribution in [0.25, 0.3) is 10.2 Å². The highest BCUT2D eigenvalue weighted by molar-refractivity contribution is 7.17. The van der Waals surface area contributed by atoms with Crippen LogP contribution in [0.4, 0.5) is 5.69 Å². The van der Waals surface area contributed by atoms with Gasteiger partial charge in [0.15, 0.2) is 0 Å². The standard InChI is InChI=1S/C17H20N4OS/c1-20-10-7-19-17(20)15(22)12-3-8-21(9-4-12)14-2-6-18-13-5-11-23-16(13)14/h2,5-7,10-12,15,22H,3-4,8-9H2,1H3. The Hall–Kier alpha value is -1.92. The second kappa shape index (κ2) is 5.94. The summed E-state index contributed by atoms with van der Waals surface area (Å²) in [7, 11) is 1.94. The minimum Gasteiger partial charge on any atom is -0.385 e. The molecule has 6 heteroatoms. The molecule has 1 N–H and O–H groups in total. The predicted molar refractivity (Wildman–Crippen MR) is 92.7 cm³/mol. The van der Waals surface area contributed by atoms with E-state index in [0.717, 1.165) is 37.3 Å². The predicted octanol–water partition coefficient (Wildman–Crippen LogP) is 2.98. The molecule has 0 amide bonds. The number of rotatable bonds is 3. The second-order valence-electron chi connectivity index (χ2n) is 6.13. The number of hydrogen-bond donors (Lipinski definition) is 1. The number of aliphatic hydroxyl groups is 1. The Morgan fingerprint density at radius 3 is 2.78 bits per heavy atom. The van der Waals surface area contributed by atoms with Crippen molar-refractivity contribution in [3.8, 4) is 0 Å². The number of anilines is 1. The number of hydrogen-bond acceptors (Lipinski definition) is 5. The van der Waals surface area contributed by atoms with Crippen LogP contribution in [-0.2, 0) is 7.05 Å². The van der Waals surface area contributed by atoms with E-state index in [1.807, 2.05) is 24.0 Å². The summed E-state index contributed by atoms with van der Waals surface area (Å²) in [4.78, 5) is 11.1. The number of aliphatic hydroxyl groups excluding tert-OH is 1. The molecule has 1 saturated heterocycles. The number of piperidine rings is 1. The van der Waals surface area contributed by atoms with Gasteiger partial charge in [-0.25, -0.2) is 4.98 Å². The molecule has 0 bridgehead atoms. The van der Waals surface area contributed by atoms with E-state index in [2.05, 4.69) is 32.4 Å². The molecule has 0 spiro atoms. The third-order valence-electron chi connectivity index (χ3n) is 4.77. The molecule has 0 saturated carbocycles. The molecular formula is C17H20N4OS. The number of imidazole rings is 1. The fraction of sp³-hybridized carbons (Fsp3) is 0.412. The van der Waals surface area contributed by atoms with Crippen LogP contribution in [0.15, 0.2) is 36.1 Å². The Labute approximate surface area is 139 Å². The monoisotopic (exact) mass is 328 g/mol. The summed E-state index contributed by atoms with van der Waals surface area (Å²) in [6, 6.07) is 4.18. The molecule has 1 aliphatic heterocycles. The lowest BCUT2D eigenvalue weighted by atomic mass is 9.90. The van der Waals surface area contributed by atoms with Crippen molar-refractivity contribution in [1.29, 1.82) is 0 Å². The summed E-state index contributed by atoms with van der Waals surface area (Å²) in [6.45, 7) is 1.92. The van der Waals surface area contributed by atoms with Crippen molar-refractivity contribution >= 4 is 27.2 Å². The fourth-order valence-electron chi connectivity index (χ4n) is 3.44. The Bertz CT molecular complexity index is 804. The van der Waals surface area contributed by atoms with E-state index in [9.17, 15) is 5.11 Å². The van der Waals surface area contributed by atoms with E-state index in [4.69, 9.17) is 0 Å². The maximum atomic E-state index is 10.6. The van der Waals surface area contributed by atoms with Gasteiger partial charge in [-0.05, 0) is 36.3 Å². The summed E-state index contributed by atoms with van der Waals surface area (Å²) in [5.41, 5.74) is 2.35. The lowest BCUT2D eigenvalue weighted by molar-refractivity contribution is 0.0825. The summed E-state index contributed by atoms with van der Waals surface area (Å²) >= 11 is 1.75. The highest BCUT2D eigenvalue weighted by Gasteiger charge is 2.29. The molecule has 4 rings (SSSR count). The molecule has 120 valence electrons. The van der Waals surface area contributed by atoms with Crippen LogP contribution in [0, 0.1) is 5.92 Å². The van der Waals surface area contributed by atoms with E-state index in [1.165, 1.54) is 10.4 Å². The molecule has 4 heterocycles. The first kappa shape index (κ1) is 14.7. The number of nitrogens with zero attached hydrogens (tertiary/aromatic N) is 4. The molecule has 5 nitrogen and oxygen atoms in total. The number of fused-ring (bicyclic) bond motifs is 1. The van der Waals surface area contributed by atoms with Gasteiger partial charge in [-0.15, -0.1) is 11.3 Å². The molecule has 1 fully saturated rings. The Morgan fingerprint density at radius 2 is 2.04 bits per heavy atom. The second-order valence-corrected chi connectivity index (χ2v) is 7.05. The lowest BCUT2D eigenvalue weighted by Crippen LogP contribution is -2.36. The maximum absolute atomic E-state index is 10.6. The van der Waals surface area contributed by atoms with E-state index in [-0.39, 0.29) is 5.92 Å². The first-order chi connectivity index (χ1) is 11.2. The van der Waals surface area contributed by atoms with Crippen molar-refractivity contribution in [1.82, 2.24) is 14.5 Å². The van der Waals surface area contributed by atoms with Crippen molar-refractivity contribution in [2.24, 2.45) is 13.0 Å². The van der Waals surface area contributed by atoms with Crippen molar-refractivity contribution in [3.05, 3.63) is 41.9 Å². The van der Waals surface area contributed by atoms with Crippen molar-refractivity contribution in [2.75, 3.05) is 18.0 Å². The van der Waals surface area contributed by atoms with Gasteiger partial charge in [0.25, 0.3) is 0 Å². The maximum Gasteiger partial charge on any atom is 0.137 e. The van der Waals surface area contributed by atoms with Crippen molar-refractivity contribution < 1.29 is 5.11 Å². The number of aromatic nitrogens is 3. The quantitative estimate of drug-likeness (QED) is 0.803. The van der Waals surface area contributed by atoms with Gasteiger partial charge in [-0.1, -0.05) is 0 Å². The molecule has 0 radical (unpaired) electrons. The molecule has 3 aromatic rings. The van der Waals surface area contributed by atoms with Crippen LogP contribution in [0.2, 0.25) is 0 Å². The first-order valence-corrected chi connectivity index (χ1v) is 8.84. The molecule has 23 heavy (non-hydrogen) atoms.